The molecule has 2 aromatic rings. The molecule has 3 rings (SSSR count). The molecule has 0 unspecified atom stereocenters. The number of carbonyl (C=O) groups is 2. The number of nitrogens with one attached hydrogen (secondary N) is 1. The van der Waals surface area contributed by atoms with E-state index in [4.69, 9.17) is 16.3 Å². The number of hydrogen-bond acceptors (Lipinski definition) is 4. The number of fused-ring (bicyclic) bond motifs is 1. The molecule has 1 heterocycles. The Morgan fingerprint density at radius 2 is 1.93 bits per heavy atom. The highest BCUT2D eigenvalue weighted by Gasteiger charge is 2.33. The maximum atomic E-state index is 12.7. The van der Waals surface area contributed by atoms with E-state index in [1.165, 1.54) is 7.11 Å². The highest BCUT2D eigenvalue weighted by Crippen LogP contribution is 2.28. The van der Waals surface area contributed by atoms with E-state index in [1.807, 2.05) is 55.1 Å². The highest BCUT2D eigenvalue weighted by atomic mass is 35.5. The molecule has 2 aromatic carbocycles. The Hall–Kier alpha value is -2.37. The molecule has 1 N–H and O–H groups in total. The second kappa shape index (κ2) is 8.11. The van der Waals surface area contributed by atoms with Crippen molar-refractivity contribution in [2.24, 2.45) is 0 Å². The number of nitrogens with zero attached hydrogens (tertiary/aromatic N) is 1. The SMILES string of the molecule is COC(=O)[C@H]1Cc2ccccc2CN1CC(=O)Nc1c(C)cc(C)cc1Cl. The average Bonchev–Trinajstić information content (AvgIpc) is 2.63. The van der Waals surface area contributed by atoms with Gasteiger partial charge in [-0.05, 0) is 48.6 Å². The smallest absolute Gasteiger partial charge is 0.323 e. The lowest BCUT2D eigenvalue weighted by atomic mass is 9.94. The quantitative estimate of drug-likeness (QED) is 0.817. The number of halogens is 1. The number of esters is 1. The zero-order chi connectivity index (χ0) is 19.6. The van der Waals surface area contributed by atoms with Gasteiger partial charge in [0.1, 0.15) is 6.04 Å². The lowest BCUT2D eigenvalue weighted by Crippen LogP contribution is -2.49. The number of rotatable bonds is 4. The topological polar surface area (TPSA) is 58.6 Å². The van der Waals surface area contributed by atoms with Crippen molar-refractivity contribution in [3.05, 3.63) is 63.7 Å². The van der Waals surface area contributed by atoms with E-state index in [0.29, 0.717) is 23.7 Å². The van der Waals surface area contributed by atoms with Gasteiger partial charge in [0.05, 0.1) is 24.4 Å². The van der Waals surface area contributed by atoms with Crippen molar-refractivity contribution in [1.29, 1.82) is 0 Å². The number of aryl methyl sites for hydroxylation is 2. The van der Waals surface area contributed by atoms with Crippen LogP contribution in [0.15, 0.2) is 36.4 Å². The predicted octanol–water partition coefficient (Wildman–Crippen LogP) is 3.50. The fourth-order valence-corrected chi connectivity index (χ4v) is 3.92. The summed E-state index contributed by atoms with van der Waals surface area (Å²) in [6, 6.07) is 11.3. The molecule has 1 aliphatic rings. The van der Waals surface area contributed by atoms with E-state index in [9.17, 15) is 9.59 Å². The molecule has 0 bridgehead atoms. The van der Waals surface area contributed by atoms with Crippen LogP contribution in [-0.4, -0.2) is 36.5 Å². The van der Waals surface area contributed by atoms with Crippen LogP contribution in [0, 0.1) is 13.8 Å². The minimum atomic E-state index is -0.481. The zero-order valence-corrected chi connectivity index (χ0v) is 16.5. The van der Waals surface area contributed by atoms with Crippen molar-refractivity contribution in [3.63, 3.8) is 0 Å². The van der Waals surface area contributed by atoms with E-state index >= 15 is 0 Å². The standard InChI is InChI=1S/C21H23ClN2O3/c1-13-8-14(2)20(17(22)9-13)23-19(25)12-24-11-16-7-5-4-6-15(16)10-18(24)21(26)27-3/h4-9,18H,10-12H2,1-3H3,(H,23,25)/t18-/m1/s1. The van der Waals surface area contributed by atoms with Gasteiger partial charge in [0.2, 0.25) is 5.91 Å². The summed E-state index contributed by atoms with van der Waals surface area (Å²) >= 11 is 6.29. The summed E-state index contributed by atoms with van der Waals surface area (Å²) in [5.74, 6) is -0.543. The van der Waals surface area contributed by atoms with Gasteiger partial charge in [-0.3, -0.25) is 14.5 Å². The van der Waals surface area contributed by atoms with Crippen LogP contribution in [0.5, 0.6) is 0 Å². The largest absolute Gasteiger partial charge is 0.468 e. The first kappa shape index (κ1) is 19.4. The molecule has 1 amide bonds. The minimum Gasteiger partial charge on any atom is -0.468 e. The second-order valence-electron chi connectivity index (χ2n) is 6.90. The third-order valence-corrected chi connectivity index (χ3v) is 5.16. The molecule has 0 fully saturated rings. The van der Waals surface area contributed by atoms with Gasteiger partial charge >= 0.3 is 5.97 Å². The van der Waals surface area contributed by atoms with Crippen molar-refractivity contribution in [2.45, 2.75) is 32.9 Å². The summed E-state index contributed by atoms with van der Waals surface area (Å²) in [6.45, 7) is 4.46. The molecule has 27 heavy (non-hydrogen) atoms. The van der Waals surface area contributed by atoms with Crippen LogP contribution >= 0.6 is 11.6 Å². The molecule has 6 heteroatoms. The second-order valence-corrected chi connectivity index (χ2v) is 7.31. The van der Waals surface area contributed by atoms with Gasteiger partial charge < -0.3 is 10.1 Å². The molecule has 0 saturated heterocycles. The van der Waals surface area contributed by atoms with Gasteiger partial charge in [0, 0.05) is 6.54 Å². The van der Waals surface area contributed by atoms with Crippen LogP contribution in [0.2, 0.25) is 5.02 Å². The maximum absolute atomic E-state index is 12.7. The van der Waals surface area contributed by atoms with Gasteiger partial charge in [-0.25, -0.2) is 0 Å². The molecule has 5 nitrogen and oxygen atoms in total. The van der Waals surface area contributed by atoms with Gasteiger partial charge in [0.15, 0.2) is 0 Å². The summed E-state index contributed by atoms with van der Waals surface area (Å²) in [7, 11) is 1.37. The molecule has 1 aliphatic heterocycles. The average molecular weight is 387 g/mol. The van der Waals surface area contributed by atoms with E-state index in [0.717, 1.165) is 22.3 Å². The van der Waals surface area contributed by atoms with E-state index in [1.54, 1.807) is 0 Å². The van der Waals surface area contributed by atoms with Crippen molar-refractivity contribution in [2.75, 3.05) is 19.0 Å². The Labute approximate surface area is 164 Å². The van der Waals surface area contributed by atoms with Crippen molar-refractivity contribution >= 4 is 29.2 Å². The number of benzene rings is 2. The van der Waals surface area contributed by atoms with Crippen molar-refractivity contribution in [3.8, 4) is 0 Å². The minimum absolute atomic E-state index is 0.0811. The lowest BCUT2D eigenvalue weighted by Gasteiger charge is -2.34. The lowest BCUT2D eigenvalue weighted by molar-refractivity contribution is -0.148. The van der Waals surface area contributed by atoms with E-state index < -0.39 is 6.04 Å². The number of ether oxygens (including phenoxy) is 1. The van der Waals surface area contributed by atoms with Crippen molar-refractivity contribution < 1.29 is 14.3 Å². The Bertz CT molecular complexity index is 858. The summed E-state index contributed by atoms with van der Waals surface area (Å²) in [5.41, 5.74) is 4.78. The number of carbonyl (C=O) groups excluding carboxylic acids is 2. The predicted molar refractivity (Wildman–Crippen MR) is 106 cm³/mol. The van der Waals surface area contributed by atoms with Crippen LogP contribution in [0.3, 0.4) is 0 Å². The summed E-state index contributed by atoms with van der Waals surface area (Å²) in [4.78, 5) is 26.8. The Morgan fingerprint density at radius 1 is 1.22 bits per heavy atom. The molecule has 0 aromatic heterocycles. The third-order valence-electron chi connectivity index (χ3n) is 4.86. The van der Waals surface area contributed by atoms with Crippen LogP contribution in [-0.2, 0) is 27.3 Å². The normalized spacial score (nSPS) is 16.5. The van der Waals surface area contributed by atoms with Gasteiger partial charge in [0.25, 0.3) is 0 Å². The van der Waals surface area contributed by atoms with Crippen LogP contribution in [0.4, 0.5) is 5.69 Å². The molecular weight excluding hydrogens is 364 g/mol. The first-order valence-corrected chi connectivity index (χ1v) is 9.22. The number of anilines is 1. The molecule has 0 spiro atoms. The first-order chi connectivity index (χ1) is 12.9. The molecular formula is C21H23ClN2O3. The highest BCUT2D eigenvalue weighted by molar-refractivity contribution is 6.34. The van der Waals surface area contributed by atoms with Crippen LogP contribution in [0.1, 0.15) is 22.3 Å². The third kappa shape index (κ3) is 4.31. The van der Waals surface area contributed by atoms with Crippen LogP contribution < -0.4 is 5.32 Å². The summed E-state index contributed by atoms with van der Waals surface area (Å²) in [6.07, 6.45) is 0.528. The molecule has 142 valence electrons. The fourth-order valence-electron chi connectivity index (χ4n) is 3.55. The number of hydrogen-bond donors (Lipinski definition) is 1. The van der Waals surface area contributed by atoms with E-state index in [2.05, 4.69) is 5.32 Å². The maximum Gasteiger partial charge on any atom is 0.323 e. The Kier molecular flexibility index (Phi) is 5.82. The van der Waals surface area contributed by atoms with Crippen LogP contribution in [0.25, 0.3) is 0 Å². The molecule has 0 aliphatic carbocycles. The first-order valence-electron chi connectivity index (χ1n) is 8.84. The van der Waals surface area contributed by atoms with Crippen molar-refractivity contribution in [1.82, 2.24) is 4.90 Å². The molecule has 1 atom stereocenters. The van der Waals surface area contributed by atoms with Gasteiger partial charge in [-0.1, -0.05) is 41.9 Å². The Balaban J connectivity index is 1.78. The monoisotopic (exact) mass is 386 g/mol. The molecule has 0 saturated carbocycles. The van der Waals surface area contributed by atoms with Gasteiger partial charge in [-0.15, -0.1) is 0 Å². The Morgan fingerprint density at radius 3 is 2.59 bits per heavy atom. The van der Waals surface area contributed by atoms with Gasteiger partial charge in [-0.2, -0.15) is 0 Å². The number of methoxy groups -OCH3 is 1. The summed E-state index contributed by atoms with van der Waals surface area (Å²) in [5, 5.41) is 3.40. The zero-order valence-electron chi connectivity index (χ0n) is 15.7. The fraction of sp³-hybridized carbons (Fsp3) is 0.333. The number of amides is 1. The van der Waals surface area contributed by atoms with E-state index in [-0.39, 0.29) is 18.4 Å². The summed E-state index contributed by atoms with van der Waals surface area (Å²) < 4.78 is 4.95. The molecule has 0 radical (unpaired) electrons.